The van der Waals surface area contributed by atoms with Crippen LogP contribution in [0.1, 0.15) is 52.7 Å². The SMILES string of the molecule is O=C(c1c(C(F)(F)F)cccc1C(F)(F)F)[P+](=O)CCCCCCc1ccccc1. The van der Waals surface area contributed by atoms with E-state index in [2.05, 4.69) is 0 Å². The van der Waals surface area contributed by atoms with Gasteiger partial charge in [-0.25, -0.2) is 4.79 Å². The Morgan fingerprint density at radius 1 is 0.733 bits per heavy atom. The summed E-state index contributed by atoms with van der Waals surface area (Å²) in [6, 6.07) is 11.1. The normalized spacial score (nSPS) is 12.7. The van der Waals surface area contributed by atoms with Crippen molar-refractivity contribution >= 4 is 13.3 Å². The van der Waals surface area contributed by atoms with Crippen LogP contribution in [-0.4, -0.2) is 11.7 Å². The Bertz CT molecular complexity index is 843. The van der Waals surface area contributed by atoms with Gasteiger partial charge in [0.2, 0.25) is 0 Å². The maximum atomic E-state index is 13.2. The quantitative estimate of drug-likeness (QED) is 0.226. The van der Waals surface area contributed by atoms with Crippen LogP contribution in [0.15, 0.2) is 48.5 Å². The molecule has 2 nitrogen and oxygen atoms in total. The van der Waals surface area contributed by atoms with Crippen molar-refractivity contribution in [2.75, 3.05) is 6.16 Å². The van der Waals surface area contributed by atoms with Crippen LogP contribution in [-0.2, 0) is 23.3 Å². The van der Waals surface area contributed by atoms with Gasteiger partial charge in [-0.05, 0) is 43.4 Å². The van der Waals surface area contributed by atoms with E-state index in [1.165, 1.54) is 0 Å². The molecule has 0 heterocycles. The molecule has 0 amide bonds. The van der Waals surface area contributed by atoms with Gasteiger partial charge in [0.25, 0.3) is 0 Å². The molecule has 30 heavy (non-hydrogen) atoms. The van der Waals surface area contributed by atoms with Crippen molar-refractivity contribution in [3.05, 3.63) is 70.8 Å². The van der Waals surface area contributed by atoms with Crippen LogP contribution in [0.4, 0.5) is 26.3 Å². The monoisotopic (exact) mass is 449 g/mol. The Labute approximate surface area is 171 Å². The molecule has 1 atom stereocenters. The molecule has 1 unspecified atom stereocenters. The van der Waals surface area contributed by atoms with Crippen LogP contribution in [0, 0.1) is 0 Å². The van der Waals surface area contributed by atoms with E-state index in [1.807, 2.05) is 30.3 Å². The predicted octanol–water partition coefficient (Wildman–Crippen LogP) is 7.49. The zero-order valence-electron chi connectivity index (χ0n) is 15.9. The first-order chi connectivity index (χ1) is 14.0. The minimum absolute atomic E-state index is 0.247. The minimum Gasteiger partial charge on any atom is -0.234 e. The highest BCUT2D eigenvalue weighted by Crippen LogP contribution is 2.43. The summed E-state index contributed by atoms with van der Waals surface area (Å²) >= 11 is 0. The fourth-order valence-electron chi connectivity index (χ4n) is 3.06. The van der Waals surface area contributed by atoms with E-state index < -0.39 is 42.4 Å². The van der Waals surface area contributed by atoms with Crippen LogP contribution in [0.5, 0.6) is 0 Å². The van der Waals surface area contributed by atoms with Crippen molar-refractivity contribution < 1.29 is 35.7 Å². The lowest BCUT2D eigenvalue weighted by Crippen LogP contribution is -2.19. The molecule has 2 aromatic rings. The number of unbranched alkanes of at least 4 members (excludes halogenated alkanes) is 3. The fourth-order valence-corrected chi connectivity index (χ4v) is 4.27. The largest absolute Gasteiger partial charge is 0.420 e. The Kier molecular flexibility index (Phi) is 8.18. The Morgan fingerprint density at radius 2 is 1.27 bits per heavy atom. The molecule has 2 rings (SSSR count). The summed E-state index contributed by atoms with van der Waals surface area (Å²) in [5, 5.41) is 0. The second-order valence-electron chi connectivity index (χ2n) is 6.78. The smallest absolute Gasteiger partial charge is 0.234 e. The average molecular weight is 449 g/mol. The first kappa shape index (κ1) is 24.1. The summed E-state index contributed by atoms with van der Waals surface area (Å²) in [6.45, 7) is 0. The summed E-state index contributed by atoms with van der Waals surface area (Å²) in [6.07, 6.45) is -7.30. The van der Waals surface area contributed by atoms with Gasteiger partial charge >= 0.3 is 25.7 Å². The van der Waals surface area contributed by atoms with Gasteiger partial charge in [0, 0.05) is 0 Å². The van der Waals surface area contributed by atoms with Crippen molar-refractivity contribution in [2.45, 2.75) is 44.5 Å². The Morgan fingerprint density at radius 3 is 1.80 bits per heavy atom. The third-order valence-corrected chi connectivity index (χ3v) is 5.93. The van der Waals surface area contributed by atoms with Crippen LogP contribution in [0.3, 0.4) is 0 Å². The highest BCUT2D eigenvalue weighted by Gasteiger charge is 2.47. The maximum Gasteiger partial charge on any atom is 0.420 e. The number of hydrogen-bond acceptors (Lipinski definition) is 2. The number of hydrogen-bond donors (Lipinski definition) is 0. The average Bonchev–Trinajstić information content (AvgIpc) is 2.68. The molecule has 0 radical (unpaired) electrons. The second kappa shape index (κ2) is 10.2. The molecule has 162 valence electrons. The van der Waals surface area contributed by atoms with Gasteiger partial charge in [0.1, 0.15) is 0 Å². The van der Waals surface area contributed by atoms with Crippen molar-refractivity contribution in [3.8, 4) is 0 Å². The molecule has 0 aromatic heterocycles. The lowest BCUT2D eigenvalue weighted by Gasteiger charge is -2.15. The lowest BCUT2D eigenvalue weighted by molar-refractivity contribution is -0.143. The second-order valence-corrected chi connectivity index (χ2v) is 8.39. The van der Waals surface area contributed by atoms with Gasteiger partial charge in [-0.1, -0.05) is 47.4 Å². The lowest BCUT2D eigenvalue weighted by atomic mass is 10.0. The maximum absolute atomic E-state index is 13.2. The molecular formula is C21H20F6O2P+. The van der Waals surface area contributed by atoms with Crippen molar-refractivity contribution in [2.24, 2.45) is 0 Å². The summed E-state index contributed by atoms with van der Waals surface area (Å²) in [4.78, 5) is 12.3. The summed E-state index contributed by atoms with van der Waals surface area (Å²) in [5.41, 5.74) is -5.43. The van der Waals surface area contributed by atoms with Crippen LogP contribution in [0.25, 0.3) is 0 Å². The molecule has 2 aromatic carbocycles. The summed E-state index contributed by atoms with van der Waals surface area (Å²) in [5.74, 6) is 0. The fraction of sp³-hybridized carbons (Fsp3) is 0.381. The van der Waals surface area contributed by atoms with Crippen LogP contribution >= 0.6 is 7.80 Å². The number of halogens is 6. The van der Waals surface area contributed by atoms with E-state index >= 15 is 0 Å². The number of benzene rings is 2. The van der Waals surface area contributed by atoms with E-state index in [0.29, 0.717) is 24.6 Å². The molecule has 0 aliphatic rings. The first-order valence-electron chi connectivity index (χ1n) is 9.32. The number of alkyl halides is 6. The first-order valence-corrected chi connectivity index (χ1v) is 10.8. The predicted molar refractivity (Wildman–Crippen MR) is 102 cm³/mol. The van der Waals surface area contributed by atoms with E-state index in [0.717, 1.165) is 24.8 Å². The van der Waals surface area contributed by atoms with Gasteiger partial charge in [0.15, 0.2) is 6.16 Å². The zero-order chi connectivity index (χ0) is 22.4. The third kappa shape index (κ3) is 6.66. The molecule has 0 N–H and O–H groups in total. The third-order valence-electron chi connectivity index (χ3n) is 4.54. The van der Waals surface area contributed by atoms with E-state index in [1.54, 1.807) is 0 Å². The topological polar surface area (TPSA) is 34.1 Å². The van der Waals surface area contributed by atoms with E-state index in [4.69, 9.17) is 0 Å². The van der Waals surface area contributed by atoms with Crippen LogP contribution < -0.4 is 0 Å². The molecule has 0 fully saturated rings. The van der Waals surface area contributed by atoms with Gasteiger partial charge in [0.05, 0.1) is 16.7 Å². The molecule has 0 aliphatic heterocycles. The number of carbonyl (C=O) groups is 1. The van der Waals surface area contributed by atoms with Gasteiger partial charge in [-0.2, -0.15) is 26.3 Å². The number of carbonyl (C=O) groups excluding carboxylic acids is 1. The molecule has 0 spiro atoms. The zero-order valence-corrected chi connectivity index (χ0v) is 16.8. The Hall–Kier alpha value is -2.21. The van der Waals surface area contributed by atoms with Gasteiger partial charge < -0.3 is 0 Å². The van der Waals surface area contributed by atoms with Gasteiger partial charge in [-0.15, -0.1) is 0 Å². The number of aryl methyl sites for hydroxylation is 1. The molecule has 0 saturated heterocycles. The van der Waals surface area contributed by atoms with Crippen LogP contribution in [0.2, 0.25) is 0 Å². The molecule has 0 bridgehead atoms. The highest BCUT2D eigenvalue weighted by atomic mass is 31.1. The van der Waals surface area contributed by atoms with E-state index in [-0.39, 0.29) is 12.6 Å². The van der Waals surface area contributed by atoms with Gasteiger partial charge in [-0.3, -0.25) is 0 Å². The highest BCUT2D eigenvalue weighted by molar-refractivity contribution is 7.64. The molecular weight excluding hydrogens is 429 g/mol. The molecule has 9 heteroatoms. The van der Waals surface area contributed by atoms with Crippen molar-refractivity contribution in [3.63, 3.8) is 0 Å². The standard InChI is InChI=1S/C21H20F6O2P/c22-20(23,24)16-12-8-13-17(21(25,26)27)18(16)19(28)30(29)14-7-2-1-4-9-15-10-5-3-6-11-15/h3,5-6,8,10-13H,1-2,4,7,9,14H2/q+1. The Balaban J connectivity index is 1.99. The molecule has 0 aliphatic carbocycles. The minimum atomic E-state index is -5.17. The van der Waals surface area contributed by atoms with Crippen molar-refractivity contribution in [1.29, 1.82) is 0 Å². The summed E-state index contributed by atoms with van der Waals surface area (Å²) < 4.78 is 91.2. The van der Waals surface area contributed by atoms with Crippen molar-refractivity contribution in [1.82, 2.24) is 0 Å². The molecule has 0 saturated carbocycles. The number of rotatable bonds is 9. The van der Waals surface area contributed by atoms with E-state index in [9.17, 15) is 35.7 Å². The summed E-state index contributed by atoms with van der Waals surface area (Å²) in [7, 11) is -2.90.